The van der Waals surface area contributed by atoms with Crippen LogP contribution in [0.25, 0.3) is 0 Å². The van der Waals surface area contributed by atoms with Crippen molar-refractivity contribution in [3.05, 3.63) is 60.5 Å². The average molecular weight is 759 g/mol. The topological polar surface area (TPSA) is 177 Å². The Labute approximate surface area is 308 Å². The lowest BCUT2D eigenvalue weighted by atomic mass is 9.91. The molecular formula is C37H47FN4O10S. The first-order chi connectivity index (χ1) is 24.8. The second-order valence-electron chi connectivity index (χ2n) is 15.4. The summed E-state index contributed by atoms with van der Waals surface area (Å²) in [6.07, 6.45) is 0.697. The minimum absolute atomic E-state index is 0.0372. The molecule has 4 aliphatic rings. The van der Waals surface area contributed by atoms with E-state index in [0.29, 0.717) is 24.0 Å². The Bertz CT molecular complexity index is 1820. The molecular weight excluding hydrogens is 711 g/mol. The number of amides is 4. The molecule has 16 heteroatoms. The number of carbonyl (C=O) groups excluding carboxylic acids is 6. The van der Waals surface area contributed by atoms with Crippen LogP contribution >= 0.6 is 0 Å². The van der Waals surface area contributed by atoms with E-state index < -0.39 is 104 Å². The van der Waals surface area contributed by atoms with Gasteiger partial charge in [-0.1, -0.05) is 24.8 Å². The summed E-state index contributed by atoms with van der Waals surface area (Å²) in [6.45, 7) is 11.7. The minimum atomic E-state index is -3.93. The van der Waals surface area contributed by atoms with Crippen LogP contribution in [0.3, 0.4) is 0 Å². The van der Waals surface area contributed by atoms with Gasteiger partial charge in [-0.15, -0.1) is 6.58 Å². The molecule has 2 unspecified atom stereocenters. The van der Waals surface area contributed by atoms with Crippen molar-refractivity contribution < 1.29 is 51.0 Å². The smallest absolute Gasteiger partial charge is 0.410 e. The number of allylic oxidation sites excluding steroid dienone is 1. The third kappa shape index (κ3) is 8.96. The van der Waals surface area contributed by atoms with Crippen molar-refractivity contribution in [3.63, 3.8) is 0 Å². The minimum Gasteiger partial charge on any atom is -0.460 e. The second kappa shape index (κ2) is 15.0. The number of rotatable bonds is 14. The van der Waals surface area contributed by atoms with Gasteiger partial charge >= 0.3 is 12.1 Å². The predicted molar refractivity (Wildman–Crippen MR) is 188 cm³/mol. The number of hydrogen-bond donors (Lipinski definition) is 1. The second-order valence-corrected chi connectivity index (χ2v) is 17.4. The number of ketones is 1. The van der Waals surface area contributed by atoms with Gasteiger partial charge in [0.25, 0.3) is 0 Å². The monoisotopic (exact) mass is 758 g/mol. The first-order valence-corrected chi connectivity index (χ1v) is 19.2. The molecule has 0 aromatic heterocycles. The summed E-state index contributed by atoms with van der Waals surface area (Å²) in [7, 11) is -2.50. The fourth-order valence-corrected chi connectivity index (χ4v) is 8.48. The average Bonchev–Trinajstić information content (AvgIpc) is 3.97. The molecule has 3 fully saturated rings. The molecule has 4 amide bonds. The predicted octanol–water partition coefficient (Wildman–Crippen LogP) is 3.00. The van der Waals surface area contributed by atoms with Gasteiger partial charge in [-0.05, 0) is 63.7 Å². The van der Waals surface area contributed by atoms with Gasteiger partial charge in [0.15, 0.2) is 5.78 Å². The number of hydrogen-bond acceptors (Lipinski definition) is 10. The number of nitrogens with one attached hydrogen (secondary N) is 1. The van der Waals surface area contributed by atoms with E-state index in [9.17, 15) is 41.6 Å². The molecule has 5 atom stereocenters. The standard InChI is InChI=1S/C37H47FN4O10S/c1-7-24-16-37(24,34(47)39-53(49,50)26-12-13-26)17-30(43)29-15-25(51-35(48)41-19-22-10-9-11-28(38)27(22)21-41)20-42(29)33(46)23(18-40(6)31(44)8-2)14-32(45)52-36(3,4)5/h7-11,23-26,29H,1-2,12-21H2,3-6H3,(H,39,47)/t23-,24+,25?,29?,37+/m0/s1. The SMILES string of the molecule is C=CC(=O)N(C)C[C@H](CC(=O)OC(C)(C)C)C(=O)N1CC(OC(=O)N2Cc3cccc(F)c3C2)CC1C(=O)C[C@]1(C(=O)NS(=O)(=O)C2CC2)C[C@H]1C=C. The Kier molecular flexibility index (Phi) is 11.2. The molecule has 2 saturated carbocycles. The van der Waals surface area contributed by atoms with Crippen molar-refractivity contribution in [2.24, 2.45) is 17.3 Å². The Hall–Kier alpha value is -4.60. The molecule has 14 nitrogen and oxygen atoms in total. The molecule has 2 heterocycles. The van der Waals surface area contributed by atoms with E-state index in [2.05, 4.69) is 17.9 Å². The van der Waals surface area contributed by atoms with E-state index >= 15 is 0 Å². The molecule has 0 spiro atoms. The molecule has 2 aliphatic carbocycles. The van der Waals surface area contributed by atoms with Crippen LogP contribution in [0.2, 0.25) is 0 Å². The van der Waals surface area contributed by atoms with E-state index in [1.807, 2.05) is 0 Å². The number of esters is 1. The molecule has 0 radical (unpaired) electrons. The number of halogens is 1. The lowest BCUT2D eigenvalue weighted by Gasteiger charge is -2.31. The Morgan fingerprint density at radius 3 is 2.42 bits per heavy atom. The molecule has 0 bridgehead atoms. The fourth-order valence-electron chi connectivity index (χ4n) is 7.09. The number of carbonyl (C=O) groups is 6. The third-order valence-corrected chi connectivity index (χ3v) is 12.0. The van der Waals surface area contributed by atoms with Crippen LogP contribution in [-0.2, 0) is 56.6 Å². The van der Waals surface area contributed by atoms with Crippen LogP contribution in [0.1, 0.15) is 70.4 Å². The summed E-state index contributed by atoms with van der Waals surface area (Å²) in [6, 6.07) is 3.29. The zero-order chi connectivity index (χ0) is 39.0. The summed E-state index contributed by atoms with van der Waals surface area (Å²) in [5.74, 6) is -5.50. The quantitative estimate of drug-likeness (QED) is 0.169. The van der Waals surface area contributed by atoms with Crippen LogP contribution < -0.4 is 4.72 Å². The molecule has 1 N–H and O–H groups in total. The van der Waals surface area contributed by atoms with Crippen molar-refractivity contribution in [2.75, 3.05) is 20.1 Å². The molecule has 1 saturated heterocycles. The summed E-state index contributed by atoms with van der Waals surface area (Å²) in [5, 5.41) is -0.675. The number of Topliss-reactive ketones (excluding diaryl/α,β-unsaturated/α-hetero) is 1. The van der Waals surface area contributed by atoms with Crippen molar-refractivity contribution >= 4 is 45.6 Å². The van der Waals surface area contributed by atoms with Gasteiger partial charge in [-0.25, -0.2) is 17.6 Å². The Morgan fingerprint density at radius 1 is 1.13 bits per heavy atom. The molecule has 53 heavy (non-hydrogen) atoms. The van der Waals surface area contributed by atoms with E-state index in [-0.39, 0.29) is 39.0 Å². The van der Waals surface area contributed by atoms with Crippen LogP contribution in [0.4, 0.5) is 9.18 Å². The maximum atomic E-state index is 14.4. The summed E-state index contributed by atoms with van der Waals surface area (Å²) < 4.78 is 53.2. The van der Waals surface area contributed by atoms with E-state index in [4.69, 9.17) is 9.47 Å². The van der Waals surface area contributed by atoms with Gasteiger partial charge in [0, 0.05) is 38.5 Å². The molecule has 1 aromatic carbocycles. The first kappa shape index (κ1) is 39.6. The van der Waals surface area contributed by atoms with E-state index in [1.165, 1.54) is 33.9 Å². The third-order valence-electron chi connectivity index (χ3n) is 10.2. The molecule has 5 rings (SSSR count). The van der Waals surface area contributed by atoms with Gasteiger partial charge in [0.1, 0.15) is 17.5 Å². The van der Waals surface area contributed by atoms with Crippen LogP contribution in [0.5, 0.6) is 0 Å². The van der Waals surface area contributed by atoms with Crippen molar-refractivity contribution in [1.29, 1.82) is 0 Å². The van der Waals surface area contributed by atoms with Crippen LogP contribution in [-0.4, -0.2) is 102 Å². The fraction of sp³-hybridized carbons (Fsp3) is 0.568. The lowest BCUT2D eigenvalue weighted by Crippen LogP contribution is -2.48. The highest BCUT2D eigenvalue weighted by molar-refractivity contribution is 7.90. The van der Waals surface area contributed by atoms with E-state index in [1.54, 1.807) is 32.9 Å². The first-order valence-electron chi connectivity index (χ1n) is 17.6. The van der Waals surface area contributed by atoms with Crippen molar-refractivity contribution in [2.45, 2.75) is 95.4 Å². The molecule has 2 aliphatic heterocycles. The highest BCUT2D eigenvalue weighted by atomic mass is 32.2. The van der Waals surface area contributed by atoms with Crippen molar-refractivity contribution in [1.82, 2.24) is 19.4 Å². The normalized spacial score (nSPS) is 24.1. The maximum Gasteiger partial charge on any atom is 0.410 e. The van der Waals surface area contributed by atoms with Crippen molar-refractivity contribution in [3.8, 4) is 0 Å². The van der Waals surface area contributed by atoms with Gasteiger partial charge in [-0.2, -0.15) is 0 Å². The number of nitrogens with zero attached hydrogens (tertiary/aromatic N) is 3. The maximum absolute atomic E-state index is 14.4. The largest absolute Gasteiger partial charge is 0.460 e. The van der Waals surface area contributed by atoms with Crippen LogP contribution in [0, 0.1) is 23.1 Å². The van der Waals surface area contributed by atoms with Gasteiger partial charge in [0.05, 0.1) is 42.1 Å². The summed E-state index contributed by atoms with van der Waals surface area (Å²) >= 11 is 0. The molecule has 1 aromatic rings. The zero-order valence-electron chi connectivity index (χ0n) is 30.5. The number of benzene rings is 1. The number of likely N-dealkylation sites (tertiary alicyclic amines) is 1. The highest BCUT2D eigenvalue weighted by Gasteiger charge is 2.61. The highest BCUT2D eigenvalue weighted by Crippen LogP contribution is 2.57. The number of sulfonamides is 1. The van der Waals surface area contributed by atoms with Gasteiger partial charge in [0.2, 0.25) is 27.7 Å². The number of ether oxygens (including phenoxy) is 2. The van der Waals surface area contributed by atoms with Crippen LogP contribution in [0.15, 0.2) is 43.5 Å². The Morgan fingerprint density at radius 2 is 1.83 bits per heavy atom. The summed E-state index contributed by atoms with van der Waals surface area (Å²) in [5.41, 5.74) is -1.32. The number of likely N-dealkylation sites (N-methyl/N-ethyl adjacent to an activating group) is 1. The zero-order valence-corrected chi connectivity index (χ0v) is 31.3. The van der Waals surface area contributed by atoms with Gasteiger partial charge in [-0.3, -0.25) is 33.6 Å². The number of fused-ring (bicyclic) bond motifs is 1. The molecule has 288 valence electrons. The van der Waals surface area contributed by atoms with Gasteiger partial charge < -0.3 is 19.3 Å². The summed E-state index contributed by atoms with van der Waals surface area (Å²) in [4.78, 5) is 84.7. The van der Waals surface area contributed by atoms with E-state index in [0.717, 1.165) is 6.08 Å². The lowest BCUT2D eigenvalue weighted by molar-refractivity contribution is -0.159. The Balaban J connectivity index is 1.40.